The molecule has 2 atom stereocenters. The van der Waals surface area contributed by atoms with E-state index in [1.165, 1.54) is 167 Å². The maximum absolute atomic E-state index is 12.5. The van der Waals surface area contributed by atoms with Gasteiger partial charge in [-0.3, -0.25) is 9.35 Å². The number of unbranched alkanes of at least 4 members (excludes halogenated alkanes) is 30. The van der Waals surface area contributed by atoms with Crippen LogP contribution in [0.3, 0.4) is 0 Å². The molecule has 0 heterocycles. The van der Waals surface area contributed by atoms with Gasteiger partial charge in [-0.05, 0) is 12.8 Å². The van der Waals surface area contributed by atoms with Crippen molar-refractivity contribution in [2.75, 3.05) is 5.75 Å². The van der Waals surface area contributed by atoms with E-state index in [2.05, 4.69) is 19.2 Å². The molecule has 0 rings (SSSR count). The maximum Gasteiger partial charge on any atom is 0.266 e. The molecular formula is C40H81NO5S. The van der Waals surface area contributed by atoms with E-state index in [9.17, 15) is 22.9 Å². The number of nitrogens with one attached hydrogen (secondary N) is 1. The van der Waals surface area contributed by atoms with Crippen molar-refractivity contribution >= 4 is 16.0 Å². The highest BCUT2D eigenvalue weighted by molar-refractivity contribution is 7.85. The zero-order valence-corrected chi connectivity index (χ0v) is 32.2. The van der Waals surface area contributed by atoms with Gasteiger partial charge in [-0.15, -0.1) is 0 Å². The second kappa shape index (κ2) is 35.2. The molecule has 0 saturated heterocycles. The van der Waals surface area contributed by atoms with Gasteiger partial charge in [0.2, 0.25) is 5.91 Å². The standard InChI is InChI=1S/C40H81NO5S/c1-3-5-7-9-11-13-15-17-19-20-22-23-25-27-29-31-33-35-39(42)38(37-47(44,45)46)41-40(43)36-34-32-30-28-26-24-21-18-16-14-12-10-8-6-4-2/h38-39,42H,3-37H2,1-2H3,(H,41,43)(H,44,45,46). The zero-order chi connectivity index (χ0) is 34.7. The summed E-state index contributed by atoms with van der Waals surface area (Å²) in [5, 5.41) is 13.4. The van der Waals surface area contributed by atoms with Gasteiger partial charge in [-0.1, -0.05) is 213 Å². The van der Waals surface area contributed by atoms with E-state index in [1.54, 1.807) is 0 Å². The van der Waals surface area contributed by atoms with E-state index in [0.29, 0.717) is 12.8 Å². The van der Waals surface area contributed by atoms with Gasteiger partial charge in [0.15, 0.2) is 0 Å². The molecule has 1 amide bonds. The van der Waals surface area contributed by atoms with Crippen molar-refractivity contribution in [3.8, 4) is 0 Å². The fourth-order valence-electron chi connectivity index (χ4n) is 6.69. The topological polar surface area (TPSA) is 104 Å². The monoisotopic (exact) mass is 688 g/mol. The van der Waals surface area contributed by atoms with Gasteiger partial charge in [-0.25, -0.2) is 0 Å². The van der Waals surface area contributed by atoms with Gasteiger partial charge in [0.1, 0.15) is 0 Å². The molecule has 0 aromatic heterocycles. The van der Waals surface area contributed by atoms with Crippen molar-refractivity contribution in [2.24, 2.45) is 0 Å². The number of aliphatic hydroxyl groups is 1. The zero-order valence-electron chi connectivity index (χ0n) is 31.4. The second-order valence-corrected chi connectivity index (χ2v) is 16.1. The van der Waals surface area contributed by atoms with Crippen molar-refractivity contribution < 1.29 is 22.9 Å². The fraction of sp³-hybridized carbons (Fsp3) is 0.975. The Bertz CT molecular complexity index is 760. The number of hydrogen-bond acceptors (Lipinski definition) is 4. The summed E-state index contributed by atoms with van der Waals surface area (Å²) in [6.45, 7) is 4.53. The Morgan fingerprint density at radius 1 is 0.489 bits per heavy atom. The molecular weight excluding hydrogens is 607 g/mol. The van der Waals surface area contributed by atoms with Crippen LogP contribution in [0.15, 0.2) is 0 Å². The molecule has 47 heavy (non-hydrogen) atoms. The largest absolute Gasteiger partial charge is 0.391 e. The molecule has 0 saturated carbocycles. The first kappa shape index (κ1) is 46.3. The highest BCUT2D eigenvalue weighted by atomic mass is 32.2. The number of amides is 1. The summed E-state index contributed by atoms with van der Waals surface area (Å²) in [5.41, 5.74) is 0. The van der Waals surface area contributed by atoms with E-state index < -0.39 is 28.0 Å². The fourth-order valence-corrected chi connectivity index (χ4v) is 7.45. The van der Waals surface area contributed by atoms with Gasteiger partial charge in [0, 0.05) is 6.42 Å². The van der Waals surface area contributed by atoms with Crippen LogP contribution in [-0.2, 0) is 14.9 Å². The molecule has 0 spiro atoms. The second-order valence-electron chi connectivity index (χ2n) is 14.6. The van der Waals surface area contributed by atoms with Gasteiger partial charge >= 0.3 is 0 Å². The molecule has 2 unspecified atom stereocenters. The third kappa shape index (κ3) is 36.4. The third-order valence-electron chi connectivity index (χ3n) is 9.81. The minimum atomic E-state index is -4.30. The summed E-state index contributed by atoms with van der Waals surface area (Å²) in [5.74, 6) is -0.882. The van der Waals surface area contributed by atoms with Crippen LogP contribution in [0.2, 0.25) is 0 Å². The van der Waals surface area contributed by atoms with Crippen LogP contribution in [0.25, 0.3) is 0 Å². The smallest absolute Gasteiger partial charge is 0.266 e. The Balaban J connectivity index is 3.82. The molecule has 3 N–H and O–H groups in total. The molecule has 0 aliphatic heterocycles. The van der Waals surface area contributed by atoms with Gasteiger partial charge in [0.25, 0.3) is 10.1 Å². The van der Waals surface area contributed by atoms with Gasteiger partial charge < -0.3 is 10.4 Å². The Hall–Kier alpha value is -0.660. The predicted octanol–water partition coefficient (Wildman–Crippen LogP) is 12.0. The van der Waals surface area contributed by atoms with Gasteiger partial charge in [0.05, 0.1) is 17.9 Å². The Labute approximate surface area is 293 Å². The number of hydrogen-bond donors (Lipinski definition) is 3. The molecule has 0 aliphatic carbocycles. The molecule has 0 radical (unpaired) electrons. The lowest BCUT2D eigenvalue weighted by molar-refractivity contribution is -0.122. The van der Waals surface area contributed by atoms with Crippen LogP contribution in [0.5, 0.6) is 0 Å². The molecule has 0 aliphatic rings. The first-order chi connectivity index (χ1) is 22.8. The number of aliphatic hydroxyl groups excluding tert-OH is 1. The first-order valence-electron chi connectivity index (χ1n) is 20.7. The number of rotatable bonds is 38. The van der Waals surface area contributed by atoms with Crippen molar-refractivity contribution in [3.05, 3.63) is 0 Å². The van der Waals surface area contributed by atoms with Crippen molar-refractivity contribution in [1.29, 1.82) is 0 Å². The van der Waals surface area contributed by atoms with E-state index in [0.717, 1.165) is 38.5 Å². The molecule has 7 heteroatoms. The van der Waals surface area contributed by atoms with Crippen LogP contribution >= 0.6 is 0 Å². The summed E-state index contributed by atoms with van der Waals surface area (Å²) in [6, 6.07) is -0.963. The average molecular weight is 688 g/mol. The normalized spacial score (nSPS) is 13.2. The van der Waals surface area contributed by atoms with Crippen LogP contribution in [-0.4, -0.2) is 41.9 Å². The third-order valence-corrected chi connectivity index (χ3v) is 10.6. The Morgan fingerprint density at radius 3 is 1.06 bits per heavy atom. The van der Waals surface area contributed by atoms with E-state index in [1.807, 2.05) is 0 Å². The minimum absolute atomic E-state index is 0.241. The minimum Gasteiger partial charge on any atom is -0.391 e. The predicted molar refractivity (Wildman–Crippen MR) is 203 cm³/mol. The molecule has 6 nitrogen and oxygen atoms in total. The Kier molecular flexibility index (Phi) is 34.7. The summed E-state index contributed by atoms with van der Waals surface area (Å²) < 4.78 is 32.5. The summed E-state index contributed by atoms with van der Waals surface area (Å²) in [7, 11) is -4.30. The summed E-state index contributed by atoms with van der Waals surface area (Å²) in [4.78, 5) is 12.5. The van der Waals surface area contributed by atoms with E-state index in [4.69, 9.17) is 0 Å². The van der Waals surface area contributed by atoms with Gasteiger partial charge in [-0.2, -0.15) is 8.42 Å². The molecule has 0 aromatic rings. The maximum atomic E-state index is 12.5. The molecule has 0 bridgehead atoms. The summed E-state index contributed by atoms with van der Waals surface area (Å²) >= 11 is 0. The van der Waals surface area contributed by atoms with E-state index >= 15 is 0 Å². The molecule has 282 valence electrons. The quantitative estimate of drug-likeness (QED) is 0.0443. The van der Waals surface area contributed by atoms with Crippen LogP contribution in [0.4, 0.5) is 0 Å². The first-order valence-corrected chi connectivity index (χ1v) is 22.3. The van der Waals surface area contributed by atoms with Crippen molar-refractivity contribution in [1.82, 2.24) is 5.32 Å². The molecule has 0 aromatic carbocycles. The Morgan fingerprint density at radius 2 is 0.766 bits per heavy atom. The lowest BCUT2D eigenvalue weighted by atomic mass is 10.0. The highest BCUT2D eigenvalue weighted by Crippen LogP contribution is 2.17. The van der Waals surface area contributed by atoms with Crippen LogP contribution in [0, 0.1) is 0 Å². The average Bonchev–Trinajstić information content (AvgIpc) is 3.03. The summed E-state index contributed by atoms with van der Waals surface area (Å²) in [6.07, 6.45) is 40.5. The lowest BCUT2D eigenvalue weighted by Gasteiger charge is -2.23. The molecule has 0 fully saturated rings. The number of carbonyl (C=O) groups is 1. The van der Waals surface area contributed by atoms with E-state index in [-0.39, 0.29) is 5.91 Å². The number of carbonyl (C=O) groups excluding carboxylic acids is 1. The SMILES string of the molecule is CCCCCCCCCCCCCCCCCCCC(O)C(CS(=O)(=O)O)NC(=O)CCCCCCCCCCCCCCCCC. The highest BCUT2D eigenvalue weighted by Gasteiger charge is 2.26. The van der Waals surface area contributed by atoms with Crippen LogP contribution in [0.1, 0.15) is 232 Å². The lowest BCUT2D eigenvalue weighted by Crippen LogP contribution is -2.47. The van der Waals surface area contributed by atoms with Crippen LogP contribution < -0.4 is 5.32 Å². The van der Waals surface area contributed by atoms with Crippen molar-refractivity contribution in [2.45, 2.75) is 244 Å². The van der Waals surface area contributed by atoms with Crippen molar-refractivity contribution in [3.63, 3.8) is 0 Å².